The standard InChI is InChI=1S/C9H6ClNO2/c10-5-1-2-8-6(3-5)7(4-12)9(13)11-8/h1-4,7H,(H,11,13). The van der Waals surface area contributed by atoms with Gasteiger partial charge in [-0.1, -0.05) is 11.6 Å². The van der Waals surface area contributed by atoms with Gasteiger partial charge in [-0.2, -0.15) is 0 Å². The Balaban J connectivity index is 2.55. The van der Waals surface area contributed by atoms with Gasteiger partial charge in [0.05, 0.1) is 0 Å². The molecule has 2 rings (SSSR count). The van der Waals surface area contributed by atoms with Gasteiger partial charge in [-0.05, 0) is 23.8 Å². The second-order valence-corrected chi connectivity index (χ2v) is 3.27. The van der Waals surface area contributed by atoms with Gasteiger partial charge >= 0.3 is 0 Å². The molecule has 0 radical (unpaired) electrons. The Morgan fingerprint density at radius 2 is 2.23 bits per heavy atom. The first-order valence-corrected chi connectivity index (χ1v) is 4.16. The lowest BCUT2D eigenvalue weighted by Gasteiger charge is -1.99. The number of carbonyl (C=O) groups is 2. The monoisotopic (exact) mass is 195 g/mol. The van der Waals surface area contributed by atoms with E-state index in [4.69, 9.17) is 11.6 Å². The van der Waals surface area contributed by atoms with E-state index in [1.165, 1.54) is 0 Å². The fraction of sp³-hybridized carbons (Fsp3) is 0.111. The minimum atomic E-state index is -0.700. The first-order chi connectivity index (χ1) is 6.22. The molecule has 1 unspecified atom stereocenters. The highest BCUT2D eigenvalue weighted by Gasteiger charge is 2.29. The third kappa shape index (κ3) is 1.21. The van der Waals surface area contributed by atoms with E-state index in [0.717, 1.165) is 0 Å². The van der Waals surface area contributed by atoms with Crippen LogP contribution in [-0.4, -0.2) is 12.2 Å². The number of hydrogen-bond acceptors (Lipinski definition) is 2. The molecule has 0 bridgehead atoms. The van der Waals surface area contributed by atoms with Gasteiger partial charge in [0, 0.05) is 10.7 Å². The van der Waals surface area contributed by atoms with E-state index in [2.05, 4.69) is 5.32 Å². The molecule has 1 atom stereocenters. The van der Waals surface area contributed by atoms with Crippen LogP contribution in [0.3, 0.4) is 0 Å². The zero-order valence-electron chi connectivity index (χ0n) is 6.58. The van der Waals surface area contributed by atoms with Crippen LogP contribution in [0.15, 0.2) is 18.2 Å². The van der Waals surface area contributed by atoms with Gasteiger partial charge in [-0.3, -0.25) is 4.79 Å². The Morgan fingerprint density at radius 1 is 1.46 bits per heavy atom. The molecule has 0 fully saturated rings. The summed E-state index contributed by atoms with van der Waals surface area (Å²) >= 11 is 5.74. The molecule has 1 aromatic rings. The van der Waals surface area contributed by atoms with E-state index in [9.17, 15) is 9.59 Å². The normalized spacial score (nSPS) is 19.5. The predicted octanol–water partition coefficient (Wildman–Crippen LogP) is 1.57. The maximum Gasteiger partial charge on any atom is 0.239 e. The zero-order valence-corrected chi connectivity index (χ0v) is 7.34. The molecule has 1 N–H and O–H groups in total. The van der Waals surface area contributed by atoms with Crippen molar-refractivity contribution < 1.29 is 9.59 Å². The minimum absolute atomic E-state index is 0.285. The van der Waals surface area contributed by atoms with Gasteiger partial charge in [-0.25, -0.2) is 0 Å². The molecular formula is C9H6ClNO2. The van der Waals surface area contributed by atoms with Crippen LogP contribution < -0.4 is 5.32 Å². The SMILES string of the molecule is O=CC1C(=O)Nc2ccc(Cl)cc21. The average Bonchev–Trinajstić information content (AvgIpc) is 2.40. The number of amides is 1. The van der Waals surface area contributed by atoms with E-state index in [1.54, 1.807) is 18.2 Å². The number of carbonyl (C=O) groups excluding carboxylic acids is 2. The Bertz CT molecular complexity index is 389. The van der Waals surface area contributed by atoms with Gasteiger partial charge in [-0.15, -0.1) is 0 Å². The summed E-state index contributed by atoms with van der Waals surface area (Å²) in [6.07, 6.45) is 0.623. The maximum absolute atomic E-state index is 11.2. The van der Waals surface area contributed by atoms with E-state index in [-0.39, 0.29) is 5.91 Å². The second kappa shape index (κ2) is 2.85. The molecule has 4 heteroatoms. The highest BCUT2D eigenvalue weighted by Crippen LogP contribution is 2.32. The summed E-state index contributed by atoms with van der Waals surface area (Å²) in [5.74, 6) is -0.985. The summed E-state index contributed by atoms with van der Waals surface area (Å²) in [7, 11) is 0. The van der Waals surface area contributed by atoms with Crippen molar-refractivity contribution in [2.45, 2.75) is 5.92 Å². The zero-order chi connectivity index (χ0) is 9.42. The molecule has 66 valence electrons. The smallest absolute Gasteiger partial charge is 0.239 e. The molecule has 13 heavy (non-hydrogen) atoms. The van der Waals surface area contributed by atoms with E-state index >= 15 is 0 Å². The van der Waals surface area contributed by atoms with Crippen LogP contribution in [0.1, 0.15) is 11.5 Å². The number of benzene rings is 1. The van der Waals surface area contributed by atoms with Crippen molar-refractivity contribution in [1.82, 2.24) is 0 Å². The maximum atomic E-state index is 11.2. The van der Waals surface area contributed by atoms with Gasteiger partial charge in [0.15, 0.2) is 0 Å². The van der Waals surface area contributed by atoms with E-state index in [1.807, 2.05) is 0 Å². The second-order valence-electron chi connectivity index (χ2n) is 2.83. The van der Waals surface area contributed by atoms with Crippen LogP contribution >= 0.6 is 11.6 Å². The number of hydrogen-bond donors (Lipinski definition) is 1. The van der Waals surface area contributed by atoms with Crippen LogP contribution in [0, 0.1) is 0 Å². The number of halogens is 1. The van der Waals surface area contributed by atoms with Crippen molar-refractivity contribution in [1.29, 1.82) is 0 Å². The molecule has 1 amide bonds. The topological polar surface area (TPSA) is 46.2 Å². The highest BCUT2D eigenvalue weighted by atomic mass is 35.5. The number of nitrogens with one attached hydrogen (secondary N) is 1. The van der Waals surface area contributed by atoms with Crippen molar-refractivity contribution in [3.05, 3.63) is 28.8 Å². The van der Waals surface area contributed by atoms with Gasteiger partial charge in [0.1, 0.15) is 12.2 Å². The molecule has 1 heterocycles. The largest absolute Gasteiger partial charge is 0.325 e. The lowest BCUT2D eigenvalue weighted by Crippen LogP contribution is -2.12. The fourth-order valence-corrected chi connectivity index (χ4v) is 1.57. The minimum Gasteiger partial charge on any atom is -0.325 e. The Kier molecular flexibility index (Phi) is 1.81. The highest BCUT2D eigenvalue weighted by molar-refractivity contribution is 6.31. The third-order valence-electron chi connectivity index (χ3n) is 2.03. The molecule has 0 spiro atoms. The molecule has 3 nitrogen and oxygen atoms in total. The lowest BCUT2D eigenvalue weighted by atomic mass is 10.0. The average molecular weight is 196 g/mol. The van der Waals surface area contributed by atoms with Gasteiger partial charge in [0.25, 0.3) is 0 Å². The Hall–Kier alpha value is -1.35. The molecule has 0 saturated carbocycles. The summed E-state index contributed by atoms with van der Waals surface area (Å²) in [6.45, 7) is 0. The Morgan fingerprint density at radius 3 is 2.92 bits per heavy atom. The third-order valence-corrected chi connectivity index (χ3v) is 2.26. The van der Waals surface area contributed by atoms with Crippen LogP contribution in [-0.2, 0) is 9.59 Å². The summed E-state index contributed by atoms with van der Waals surface area (Å²) in [6, 6.07) is 5.00. The summed E-state index contributed by atoms with van der Waals surface area (Å²) in [5.41, 5.74) is 1.33. The number of anilines is 1. The summed E-state index contributed by atoms with van der Waals surface area (Å²) < 4.78 is 0. The van der Waals surface area contributed by atoms with Crippen molar-refractivity contribution in [2.75, 3.05) is 5.32 Å². The first-order valence-electron chi connectivity index (χ1n) is 3.78. The van der Waals surface area contributed by atoms with Crippen LogP contribution in [0.2, 0.25) is 5.02 Å². The van der Waals surface area contributed by atoms with Crippen molar-refractivity contribution in [2.24, 2.45) is 0 Å². The molecule has 0 aliphatic carbocycles. The van der Waals surface area contributed by atoms with Crippen molar-refractivity contribution >= 4 is 29.5 Å². The van der Waals surface area contributed by atoms with Crippen molar-refractivity contribution in [3.63, 3.8) is 0 Å². The first kappa shape index (κ1) is 8.26. The fourth-order valence-electron chi connectivity index (χ4n) is 1.39. The van der Waals surface area contributed by atoms with Crippen LogP contribution in [0.4, 0.5) is 5.69 Å². The van der Waals surface area contributed by atoms with Crippen molar-refractivity contribution in [3.8, 4) is 0 Å². The molecule has 0 aromatic heterocycles. The number of aldehydes is 1. The van der Waals surface area contributed by atoms with Crippen LogP contribution in [0.25, 0.3) is 0 Å². The van der Waals surface area contributed by atoms with E-state index < -0.39 is 5.92 Å². The number of rotatable bonds is 1. The van der Waals surface area contributed by atoms with E-state index in [0.29, 0.717) is 22.6 Å². The predicted molar refractivity (Wildman–Crippen MR) is 48.9 cm³/mol. The van der Waals surface area contributed by atoms with Gasteiger partial charge < -0.3 is 10.1 Å². The summed E-state index contributed by atoms with van der Waals surface area (Å²) in [4.78, 5) is 21.8. The summed E-state index contributed by atoms with van der Waals surface area (Å²) in [5, 5.41) is 3.13. The Labute approximate surface area is 79.7 Å². The molecule has 0 saturated heterocycles. The number of fused-ring (bicyclic) bond motifs is 1. The molecule has 1 aromatic carbocycles. The molecule has 1 aliphatic rings. The van der Waals surface area contributed by atoms with Crippen LogP contribution in [0.5, 0.6) is 0 Å². The van der Waals surface area contributed by atoms with Gasteiger partial charge in [0.2, 0.25) is 5.91 Å². The molecular weight excluding hydrogens is 190 g/mol. The lowest BCUT2D eigenvalue weighted by molar-refractivity contribution is -0.121. The quantitative estimate of drug-likeness (QED) is 0.546. The molecule has 1 aliphatic heterocycles.